The van der Waals surface area contributed by atoms with E-state index < -0.39 is 0 Å². The number of hydrogen-bond donors (Lipinski definition) is 1. The molecule has 1 aromatic heterocycles. The van der Waals surface area contributed by atoms with Gasteiger partial charge in [0.25, 0.3) is 5.91 Å². The number of aromatic nitrogens is 2. The Morgan fingerprint density at radius 1 is 1.21 bits per heavy atom. The molecule has 0 aliphatic rings. The fourth-order valence-electron chi connectivity index (χ4n) is 1.84. The van der Waals surface area contributed by atoms with Gasteiger partial charge in [-0.25, -0.2) is 4.39 Å². The quantitative estimate of drug-likeness (QED) is 0.329. The first kappa shape index (κ1) is 17.3. The minimum Gasteiger partial charge on any atom is -0.296 e. The van der Waals surface area contributed by atoms with Crippen LogP contribution in [0.3, 0.4) is 0 Å². The second-order valence-corrected chi connectivity index (χ2v) is 8.20. The Morgan fingerprint density at radius 3 is 2.75 bits per heavy atom. The van der Waals surface area contributed by atoms with E-state index in [-0.39, 0.29) is 11.7 Å². The Balaban J connectivity index is 1.59. The average Bonchev–Trinajstić information content (AvgIpc) is 3.02. The van der Waals surface area contributed by atoms with Crippen LogP contribution in [0.25, 0.3) is 0 Å². The highest BCUT2D eigenvalue weighted by atomic mass is 127. The van der Waals surface area contributed by atoms with Gasteiger partial charge in [-0.15, -0.1) is 10.2 Å². The van der Waals surface area contributed by atoms with Gasteiger partial charge in [-0.3, -0.25) is 10.1 Å². The van der Waals surface area contributed by atoms with Crippen LogP contribution < -0.4 is 5.32 Å². The van der Waals surface area contributed by atoms with Gasteiger partial charge in [0.2, 0.25) is 5.13 Å². The molecule has 4 nitrogen and oxygen atoms in total. The minimum absolute atomic E-state index is 0.209. The molecule has 8 heteroatoms. The third-order valence-corrected chi connectivity index (χ3v) is 5.70. The van der Waals surface area contributed by atoms with Gasteiger partial charge in [0.15, 0.2) is 4.34 Å². The molecule has 122 valence electrons. The summed E-state index contributed by atoms with van der Waals surface area (Å²) in [6.07, 6.45) is 0. The predicted molar refractivity (Wildman–Crippen MR) is 103 cm³/mol. The Bertz CT molecular complexity index is 855. The zero-order valence-electron chi connectivity index (χ0n) is 12.2. The number of hydrogen-bond acceptors (Lipinski definition) is 5. The van der Waals surface area contributed by atoms with E-state index in [1.165, 1.54) is 35.2 Å². The Kier molecular flexibility index (Phi) is 5.80. The number of amides is 1. The number of rotatable bonds is 5. The SMILES string of the molecule is O=C(Nc1nnc(SCc2ccc(F)cc2)s1)c1cccc(I)c1. The van der Waals surface area contributed by atoms with Crippen LogP contribution in [0.1, 0.15) is 15.9 Å². The number of nitrogens with zero attached hydrogens (tertiary/aromatic N) is 2. The number of anilines is 1. The number of carbonyl (C=O) groups is 1. The van der Waals surface area contributed by atoms with Crippen molar-refractivity contribution in [1.82, 2.24) is 10.2 Å². The van der Waals surface area contributed by atoms with E-state index in [1.54, 1.807) is 24.3 Å². The van der Waals surface area contributed by atoms with E-state index in [1.807, 2.05) is 12.1 Å². The summed E-state index contributed by atoms with van der Waals surface area (Å²) in [4.78, 5) is 12.2. The Labute approximate surface area is 160 Å². The summed E-state index contributed by atoms with van der Waals surface area (Å²) in [5.74, 6) is 0.208. The molecule has 24 heavy (non-hydrogen) atoms. The van der Waals surface area contributed by atoms with Gasteiger partial charge in [0.05, 0.1) is 0 Å². The van der Waals surface area contributed by atoms with Gasteiger partial charge in [-0.2, -0.15) is 0 Å². The maximum atomic E-state index is 12.9. The molecule has 0 fully saturated rings. The van der Waals surface area contributed by atoms with Crippen LogP contribution in [0, 0.1) is 9.39 Å². The van der Waals surface area contributed by atoms with Crippen LogP contribution in [-0.4, -0.2) is 16.1 Å². The zero-order chi connectivity index (χ0) is 16.9. The highest BCUT2D eigenvalue weighted by Crippen LogP contribution is 2.28. The maximum Gasteiger partial charge on any atom is 0.257 e. The number of benzene rings is 2. The lowest BCUT2D eigenvalue weighted by Gasteiger charge is -2.01. The summed E-state index contributed by atoms with van der Waals surface area (Å²) in [6, 6.07) is 13.7. The lowest BCUT2D eigenvalue weighted by Crippen LogP contribution is -2.11. The van der Waals surface area contributed by atoms with E-state index in [0.717, 1.165) is 13.5 Å². The summed E-state index contributed by atoms with van der Waals surface area (Å²) < 4.78 is 14.6. The highest BCUT2D eigenvalue weighted by molar-refractivity contribution is 14.1. The first-order valence-electron chi connectivity index (χ1n) is 6.88. The van der Waals surface area contributed by atoms with Crippen LogP contribution >= 0.6 is 45.7 Å². The standard InChI is InChI=1S/C16H11FIN3OS2/c17-12-6-4-10(5-7-12)9-23-16-21-20-15(24-16)19-14(22)11-2-1-3-13(18)8-11/h1-8H,9H2,(H,19,20,22). The van der Waals surface area contributed by atoms with Gasteiger partial charge in [-0.1, -0.05) is 41.3 Å². The first-order chi connectivity index (χ1) is 11.6. The van der Waals surface area contributed by atoms with E-state index in [0.29, 0.717) is 16.4 Å². The monoisotopic (exact) mass is 471 g/mol. The van der Waals surface area contributed by atoms with Crippen LogP contribution in [0.4, 0.5) is 9.52 Å². The topological polar surface area (TPSA) is 54.9 Å². The fraction of sp³-hybridized carbons (Fsp3) is 0.0625. The predicted octanol–water partition coefficient (Wildman–Crippen LogP) is 4.83. The normalized spacial score (nSPS) is 10.6. The molecule has 0 atom stereocenters. The average molecular weight is 471 g/mol. The molecule has 0 radical (unpaired) electrons. The smallest absolute Gasteiger partial charge is 0.257 e. The number of thioether (sulfide) groups is 1. The van der Waals surface area contributed by atoms with Crippen LogP contribution in [0.15, 0.2) is 52.9 Å². The highest BCUT2D eigenvalue weighted by Gasteiger charge is 2.11. The molecule has 0 saturated heterocycles. The summed E-state index contributed by atoms with van der Waals surface area (Å²) in [5, 5.41) is 11.2. The Hall–Kier alpha value is -1.52. The van der Waals surface area contributed by atoms with Gasteiger partial charge >= 0.3 is 0 Å². The lowest BCUT2D eigenvalue weighted by molar-refractivity contribution is 0.102. The first-order valence-corrected chi connectivity index (χ1v) is 9.76. The molecular formula is C16H11FIN3OS2. The second kappa shape index (κ2) is 8.04. The molecule has 1 N–H and O–H groups in total. The molecule has 0 aliphatic heterocycles. The van der Waals surface area contributed by atoms with E-state index in [4.69, 9.17) is 0 Å². The third kappa shape index (κ3) is 4.74. The molecule has 3 aromatic rings. The van der Waals surface area contributed by atoms with Crippen molar-refractivity contribution in [1.29, 1.82) is 0 Å². The summed E-state index contributed by atoms with van der Waals surface area (Å²) in [6.45, 7) is 0. The number of nitrogens with one attached hydrogen (secondary N) is 1. The van der Waals surface area contributed by atoms with Crippen molar-refractivity contribution < 1.29 is 9.18 Å². The van der Waals surface area contributed by atoms with Gasteiger partial charge in [-0.05, 0) is 58.5 Å². The molecule has 2 aromatic carbocycles. The summed E-state index contributed by atoms with van der Waals surface area (Å²) in [7, 11) is 0. The molecule has 0 unspecified atom stereocenters. The number of halogens is 2. The molecule has 1 amide bonds. The molecule has 0 saturated carbocycles. The molecule has 0 bridgehead atoms. The molecule has 1 heterocycles. The van der Waals surface area contributed by atoms with Crippen molar-refractivity contribution in [3.05, 3.63) is 69.0 Å². The molecular weight excluding hydrogens is 460 g/mol. The zero-order valence-corrected chi connectivity index (χ0v) is 16.0. The number of carbonyl (C=O) groups excluding carboxylic acids is 1. The van der Waals surface area contributed by atoms with Gasteiger partial charge < -0.3 is 0 Å². The van der Waals surface area contributed by atoms with Crippen molar-refractivity contribution in [3.8, 4) is 0 Å². The van der Waals surface area contributed by atoms with Crippen LogP contribution in [0.2, 0.25) is 0 Å². The van der Waals surface area contributed by atoms with E-state index in [9.17, 15) is 9.18 Å². The van der Waals surface area contributed by atoms with Crippen molar-refractivity contribution in [2.75, 3.05) is 5.32 Å². The van der Waals surface area contributed by atoms with Gasteiger partial charge in [0.1, 0.15) is 5.82 Å². The third-order valence-electron chi connectivity index (χ3n) is 2.99. The van der Waals surface area contributed by atoms with Crippen LogP contribution in [0.5, 0.6) is 0 Å². The summed E-state index contributed by atoms with van der Waals surface area (Å²) in [5.41, 5.74) is 1.58. The molecule has 0 aliphatic carbocycles. The van der Waals surface area contributed by atoms with Crippen molar-refractivity contribution >= 4 is 56.7 Å². The van der Waals surface area contributed by atoms with Crippen molar-refractivity contribution in [3.63, 3.8) is 0 Å². The fourth-order valence-corrected chi connectivity index (χ4v) is 4.09. The van der Waals surface area contributed by atoms with Crippen molar-refractivity contribution in [2.45, 2.75) is 10.1 Å². The molecule has 0 spiro atoms. The van der Waals surface area contributed by atoms with E-state index >= 15 is 0 Å². The minimum atomic E-state index is -0.250. The summed E-state index contributed by atoms with van der Waals surface area (Å²) >= 11 is 4.97. The maximum absolute atomic E-state index is 12.9. The van der Waals surface area contributed by atoms with E-state index in [2.05, 4.69) is 38.1 Å². The Morgan fingerprint density at radius 2 is 2.00 bits per heavy atom. The largest absolute Gasteiger partial charge is 0.296 e. The molecule has 3 rings (SSSR count). The second-order valence-electron chi connectivity index (χ2n) is 4.75. The van der Waals surface area contributed by atoms with Gasteiger partial charge in [0, 0.05) is 14.9 Å². The lowest BCUT2D eigenvalue weighted by atomic mass is 10.2. The van der Waals surface area contributed by atoms with Crippen LogP contribution in [-0.2, 0) is 5.75 Å². The van der Waals surface area contributed by atoms with Crippen molar-refractivity contribution in [2.24, 2.45) is 0 Å².